The van der Waals surface area contributed by atoms with Gasteiger partial charge in [0.1, 0.15) is 6.04 Å². The third-order valence-corrected chi connectivity index (χ3v) is 4.78. The number of aromatic nitrogens is 1. The molecule has 2 aliphatic heterocycles. The number of piperidine rings is 2. The maximum atomic E-state index is 12.8. The lowest BCUT2D eigenvalue weighted by atomic mass is 9.86. The fourth-order valence-electron chi connectivity index (χ4n) is 3.37. The van der Waals surface area contributed by atoms with E-state index in [1.807, 2.05) is 0 Å². The van der Waals surface area contributed by atoms with Crippen LogP contribution in [0.4, 0.5) is 10.5 Å². The molecule has 134 valence electrons. The Kier molecular flexibility index (Phi) is 4.87. The lowest BCUT2D eigenvalue weighted by molar-refractivity contribution is -0.148. The third kappa shape index (κ3) is 3.72. The molecule has 0 saturated carbocycles. The van der Waals surface area contributed by atoms with Crippen molar-refractivity contribution >= 4 is 23.5 Å². The minimum atomic E-state index is -0.501. The zero-order valence-corrected chi connectivity index (χ0v) is 14.5. The van der Waals surface area contributed by atoms with Gasteiger partial charge in [0.2, 0.25) is 11.8 Å². The highest BCUT2D eigenvalue weighted by atomic mass is 16.2. The molecular formula is C17H23N5O3. The highest BCUT2D eigenvalue weighted by molar-refractivity contribution is 5.95. The summed E-state index contributed by atoms with van der Waals surface area (Å²) in [4.78, 5) is 46.0. The molecule has 1 aromatic rings. The molecule has 25 heavy (non-hydrogen) atoms. The summed E-state index contributed by atoms with van der Waals surface area (Å²) in [6.45, 7) is 1.20. The van der Waals surface area contributed by atoms with E-state index >= 15 is 0 Å². The highest BCUT2D eigenvalue weighted by Gasteiger charge is 2.43. The van der Waals surface area contributed by atoms with Crippen LogP contribution in [0.5, 0.6) is 0 Å². The van der Waals surface area contributed by atoms with E-state index in [9.17, 15) is 14.4 Å². The van der Waals surface area contributed by atoms with E-state index in [4.69, 9.17) is 0 Å². The van der Waals surface area contributed by atoms with Crippen molar-refractivity contribution in [3.63, 3.8) is 0 Å². The first-order chi connectivity index (χ1) is 12.0. The van der Waals surface area contributed by atoms with Crippen molar-refractivity contribution in [2.75, 3.05) is 39.0 Å². The van der Waals surface area contributed by atoms with Gasteiger partial charge in [-0.25, -0.2) is 4.79 Å². The molecule has 8 heteroatoms. The number of amides is 4. The zero-order chi connectivity index (χ0) is 18.0. The molecule has 2 fully saturated rings. The van der Waals surface area contributed by atoms with Gasteiger partial charge in [0.15, 0.2) is 0 Å². The summed E-state index contributed by atoms with van der Waals surface area (Å²) < 4.78 is 0. The van der Waals surface area contributed by atoms with Gasteiger partial charge in [0.05, 0.1) is 18.4 Å². The number of carbonyl (C=O) groups excluding carboxylic acids is 3. The Labute approximate surface area is 146 Å². The molecule has 2 aliphatic rings. The summed E-state index contributed by atoms with van der Waals surface area (Å²) in [5.74, 6) is 0.0762. The predicted molar refractivity (Wildman–Crippen MR) is 91.7 cm³/mol. The van der Waals surface area contributed by atoms with E-state index in [2.05, 4.69) is 10.3 Å². The number of anilines is 1. The predicted octanol–water partition coefficient (Wildman–Crippen LogP) is 0.624. The van der Waals surface area contributed by atoms with Gasteiger partial charge >= 0.3 is 6.03 Å². The number of nitrogens with zero attached hydrogens (tertiary/aromatic N) is 4. The Morgan fingerprint density at radius 3 is 2.88 bits per heavy atom. The first kappa shape index (κ1) is 17.2. The van der Waals surface area contributed by atoms with Crippen LogP contribution in [0.2, 0.25) is 0 Å². The second-order valence-electron chi connectivity index (χ2n) is 6.78. The fraction of sp³-hybridized carbons (Fsp3) is 0.529. The smallest absolute Gasteiger partial charge is 0.322 e. The molecule has 1 aromatic heterocycles. The largest absolute Gasteiger partial charge is 0.347 e. The summed E-state index contributed by atoms with van der Waals surface area (Å²) in [5, 5.41) is 2.79. The average molecular weight is 345 g/mol. The molecule has 1 N–H and O–H groups in total. The van der Waals surface area contributed by atoms with Crippen LogP contribution in [0.1, 0.15) is 12.8 Å². The van der Waals surface area contributed by atoms with Crippen LogP contribution < -0.4 is 5.32 Å². The normalized spacial score (nSPS) is 22.6. The van der Waals surface area contributed by atoms with Crippen molar-refractivity contribution in [1.29, 1.82) is 0 Å². The Morgan fingerprint density at radius 1 is 1.40 bits per heavy atom. The maximum Gasteiger partial charge on any atom is 0.322 e. The minimum Gasteiger partial charge on any atom is -0.347 e. The number of hydrogen-bond acceptors (Lipinski definition) is 4. The summed E-state index contributed by atoms with van der Waals surface area (Å²) in [6.07, 6.45) is 4.68. The van der Waals surface area contributed by atoms with E-state index in [0.717, 1.165) is 6.42 Å². The van der Waals surface area contributed by atoms with Crippen molar-refractivity contribution < 1.29 is 14.4 Å². The maximum absolute atomic E-state index is 12.8. The highest BCUT2D eigenvalue weighted by Crippen LogP contribution is 2.30. The number of fused-ring (bicyclic) bond motifs is 2. The van der Waals surface area contributed by atoms with E-state index in [-0.39, 0.29) is 24.4 Å². The van der Waals surface area contributed by atoms with Gasteiger partial charge in [-0.1, -0.05) is 0 Å². The number of hydrogen-bond donors (Lipinski definition) is 1. The Bertz CT molecular complexity index is 664. The van der Waals surface area contributed by atoms with Crippen LogP contribution in [0.3, 0.4) is 0 Å². The standard InChI is InChI=1S/C17H23N5O3/c1-20(2)15(23)11-21-10-12-5-7-22(14(8-12)16(21)24)17(25)19-13-4-3-6-18-9-13/h3-4,6,9,12,14H,5,7-8,10-11H2,1-2H3,(H,19,25)/t12-,14+/m0/s1. The first-order valence-electron chi connectivity index (χ1n) is 8.42. The number of nitrogens with one attached hydrogen (secondary N) is 1. The first-order valence-corrected chi connectivity index (χ1v) is 8.42. The number of likely N-dealkylation sites (tertiary alicyclic amines) is 2. The van der Waals surface area contributed by atoms with Gasteiger partial charge in [0, 0.05) is 33.4 Å². The van der Waals surface area contributed by atoms with Crippen molar-refractivity contribution in [3.8, 4) is 0 Å². The van der Waals surface area contributed by atoms with Gasteiger partial charge in [-0.05, 0) is 30.9 Å². The molecule has 0 unspecified atom stereocenters. The van der Waals surface area contributed by atoms with E-state index in [1.165, 1.54) is 4.90 Å². The number of carbonyl (C=O) groups is 3. The molecule has 2 saturated heterocycles. The number of pyridine rings is 1. The molecular weight excluding hydrogens is 322 g/mol. The number of rotatable bonds is 3. The monoisotopic (exact) mass is 345 g/mol. The van der Waals surface area contributed by atoms with Crippen LogP contribution in [0.15, 0.2) is 24.5 Å². The molecule has 4 amide bonds. The van der Waals surface area contributed by atoms with Gasteiger partial charge in [0.25, 0.3) is 0 Å². The van der Waals surface area contributed by atoms with Gasteiger partial charge in [-0.3, -0.25) is 14.6 Å². The van der Waals surface area contributed by atoms with Crippen molar-refractivity contribution in [2.45, 2.75) is 18.9 Å². The summed E-state index contributed by atoms with van der Waals surface area (Å²) >= 11 is 0. The van der Waals surface area contributed by atoms with E-state index in [0.29, 0.717) is 31.1 Å². The van der Waals surface area contributed by atoms with Crippen molar-refractivity contribution in [1.82, 2.24) is 19.7 Å². The number of likely N-dealkylation sites (N-methyl/N-ethyl adjacent to an activating group) is 1. The fourth-order valence-corrected chi connectivity index (χ4v) is 3.37. The van der Waals surface area contributed by atoms with Crippen molar-refractivity contribution in [2.24, 2.45) is 5.92 Å². The van der Waals surface area contributed by atoms with Crippen LogP contribution >= 0.6 is 0 Å². The molecule has 0 aromatic carbocycles. The van der Waals surface area contributed by atoms with Gasteiger partial charge in [-0.15, -0.1) is 0 Å². The number of urea groups is 1. The van der Waals surface area contributed by atoms with Crippen molar-refractivity contribution in [3.05, 3.63) is 24.5 Å². The lowest BCUT2D eigenvalue weighted by Gasteiger charge is -2.46. The molecule has 2 atom stereocenters. The molecule has 8 nitrogen and oxygen atoms in total. The lowest BCUT2D eigenvalue weighted by Crippen LogP contribution is -2.61. The molecule has 3 heterocycles. The quantitative estimate of drug-likeness (QED) is 0.870. The molecule has 0 aliphatic carbocycles. The topological polar surface area (TPSA) is 85.8 Å². The minimum absolute atomic E-state index is 0.0664. The second-order valence-corrected chi connectivity index (χ2v) is 6.78. The molecule has 0 radical (unpaired) electrons. The molecule has 0 spiro atoms. The zero-order valence-electron chi connectivity index (χ0n) is 14.5. The summed E-state index contributed by atoms with van der Waals surface area (Å²) in [5.41, 5.74) is 0.595. The SMILES string of the molecule is CN(C)C(=O)CN1C[C@H]2CCN(C(=O)Nc3cccnc3)[C@H](C2)C1=O. The summed E-state index contributed by atoms with van der Waals surface area (Å²) in [7, 11) is 3.34. The van der Waals surface area contributed by atoms with Gasteiger partial charge in [-0.2, -0.15) is 0 Å². The van der Waals surface area contributed by atoms with Crippen LogP contribution in [-0.2, 0) is 9.59 Å². The third-order valence-electron chi connectivity index (χ3n) is 4.78. The van der Waals surface area contributed by atoms with Crippen LogP contribution in [0.25, 0.3) is 0 Å². The Balaban J connectivity index is 1.70. The van der Waals surface area contributed by atoms with Crippen LogP contribution in [0, 0.1) is 5.92 Å². The summed E-state index contributed by atoms with van der Waals surface area (Å²) in [6, 6.07) is 2.69. The molecule has 2 bridgehead atoms. The Morgan fingerprint density at radius 2 is 2.20 bits per heavy atom. The van der Waals surface area contributed by atoms with E-state index in [1.54, 1.807) is 48.4 Å². The molecule has 3 rings (SSSR count). The average Bonchev–Trinajstić information content (AvgIpc) is 2.60. The second kappa shape index (κ2) is 7.08. The van der Waals surface area contributed by atoms with Gasteiger partial charge < -0.3 is 20.0 Å². The van der Waals surface area contributed by atoms with E-state index < -0.39 is 6.04 Å². The Hall–Kier alpha value is -2.64. The van der Waals surface area contributed by atoms with Crippen LogP contribution in [-0.4, -0.2) is 77.3 Å².